The molecule has 0 aliphatic heterocycles. The average Bonchev–Trinajstić information content (AvgIpc) is 2.99. The number of benzene rings is 1. The molecule has 2 aromatic rings. The van der Waals surface area contributed by atoms with Gasteiger partial charge in [-0.05, 0) is 24.8 Å². The number of nitrogens with zero attached hydrogens (tertiary/aromatic N) is 1. The molecular formula is C18H24N2OS. The van der Waals surface area contributed by atoms with Gasteiger partial charge in [0.05, 0.1) is 5.92 Å². The Morgan fingerprint density at radius 3 is 2.64 bits per heavy atom. The molecule has 0 radical (unpaired) electrons. The van der Waals surface area contributed by atoms with E-state index in [0.717, 1.165) is 24.8 Å². The second-order valence-corrected chi connectivity index (χ2v) is 6.81. The number of rotatable bonds is 7. The van der Waals surface area contributed by atoms with Gasteiger partial charge in [-0.25, -0.2) is 4.98 Å². The first kappa shape index (κ1) is 16.7. The molecule has 1 heterocycles. The highest BCUT2D eigenvalue weighted by Gasteiger charge is 2.23. The van der Waals surface area contributed by atoms with Crippen molar-refractivity contribution < 1.29 is 4.79 Å². The minimum absolute atomic E-state index is 0.0433. The molecule has 2 atom stereocenters. The minimum atomic E-state index is -0.119. The van der Waals surface area contributed by atoms with Crippen LogP contribution in [0.5, 0.6) is 0 Å². The Balaban J connectivity index is 2.16. The maximum atomic E-state index is 12.7. The molecule has 0 aliphatic rings. The standard InChI is InChI=1S/C18H24N2OS/c1-4-5-14(3)12-16(15-8-6-13(2)7-9-15)17(21)20-18-19-10-11-22-18/h6-11,14,16H,4-5,12H2,1-3H3,(H,19,20,21). The van der Waals surface area contributed by atoms with Crippen LogP contribution in [-0.4, -0.2) is 10.9 Å². The Bertz CT molecular complexity index is 578. The van der Waals surface area contributed by atoms with Crippen molar-refractivity contribution in [3.05, 3.63) is 47.0 Å². The van der Waals surface area contributed by atoms with Gasteiger partial charge in [-0.2, -0.15) is 0 Å². The molecule has 1 aromatic carbocycles. The lowest BCUT2D eigenvalue weighted by atomic mass is 9.86. The van der Waals surface area contributed by atoms with Crippen LogP contribution in [0.1, 0.15) is 50.2 Å². The Morgan fingerprint density at radius 1 is 1.32 bits per heavy atom. The van der Waals surface area contributed by atoms with Crippen molar-refractivity contribution >= 4 is 22.4 Å². The molecular weight excluding hydrogens is 292 g/mol. The van der Waals surface area contributed by atoms with Crippen molar-refractivity contribution in [2.24, 2.45) is 5.92 Å². The van der Waals surface area contributed by atoms with Crippen molar-refractivity contribution in [3.8, 4) is 0 Å². The van der Waals surface area contributed by atoms with E-state index in [1.165, 1.54) is 16.9 Å². The monoisotopic (exact) mass is 316 g/mol. The third kappa shape index (κ3) is 4.67. The lowest BCUT2D eigenvalue weighted by Crippen LogP contribution is -2.23. The van der Waals surface area contributed by atoms with E-state index < -0.39 is 0 Å². The molecule has 2 rings (SSSR count). The summed E-state index contributed by atoms with van der Waals surface area (Å²) >= 11 is 1.45. The van der Waals surface area contributed by atoms with E-state index in [-0.39, 0.29) is 11.8 Å². The summed E-state index contributed by atoms with van der Waals surface area (Å²) in [5.74, 6) is 0.450. The molecule has 1 aromatic heterocycles. The summed E-state index contributed by atoms with van der Waals surface area (Å²) in [7, 11) is 0. The minimum Gasteiger partial charge on any atom is -0.301 e. The van der Waals surface area contributed by atoms with Crippen molar-refractivity contribution in [2.45, 2.75) is 46.0 Å². The van der Waals surface area contributed by atoms with Crippen LogP contribution in [-0.2, 0) is 4.79 Å². The van der Waals surface area contributed by atoms with E-state index in [1.54, 1.807) is 6.20 Å². The fourth-order valence-electron chi connectivity index (χ4n) is 2.68. The summed E-state index contributed by atoms with van der Waals surface area (Å²) in [5, 5.41) is 5.49. The van der Waals surface area contributed by atoms with E-state index in [9.17, 15) is 4.79 Å². The van der Waals surface area contributed by atoms with Crippen LogP contribution in [0.25, 0.3) is 0 Å². The molecule has 118 valence electrons. The quantitative estimate of drug-likeness (QED) is 0.781. The number of anilines is 1. The number of carbonyl (C=O) groups is 1. The number of carbonyl (C=O) groups excluding carboxylic acids is 1. The van der Waals surface area contributed by atoms with Gasteiger partial charge in [0, 0.05) is 11.6 Å². The second kappa shape index (κ2) is 8.08. The lowest BCUT2D eigenvalue weighted by molar-refractivity contribution is -0.118. The fraction of sp³-hybridized carbons (Fsp3) is 0.444. The van der Waals surface area contributed by atoms with Crippen molar-refractivity contribution in [3.63, 3.8) is 0 Å². The third-order valence-corrected chi connectivity index (χ3v) is 4.57. The highest BCUT2D eigenvalue weighted by Crippen LogP contribution is 2.28. The van der Waals surface area contributed by atoms with Crippen LogP contribution in [0, 0.1) is 12.8 Å². The summed E-state index contributed by atoms with van der Waals surface area (Å²) in [6.07, 6.45) is 4.87. The summed E-state index contributed by atoms with van der Waals surface area (Å²) in [5.41, 5.74) is 2.30. The average molecular weight is 316 g/mol. The van der Waals surface area contributed by atoms with Gasteiger partial charge < -0.3 is 5.32 Å². The van der Waals surface area contributed by atoms with Crippen LogP contribution in [0.3, 0.4) is 0 Å². The van der Waals surface area contributed by atoms with Crippen molar-refractivity contribution in [1.82, 2.24) is 4.98 Å². The van der Waals surface area contributed by atoms with Gasteiger partial charge in [-0.1, -0.05) is 56.5 Å². The molecule has 0 saturated carbocycles. The number of hydrogen-bond donors (Lipinski definition) is 1. The molecule has 0 fully saturated rings. The zero-order valence-electron chi connectivity index (χ0n) is 13.5. The molecule has 2 unspecified atom stereocenters. The van der Waals surface area contributed by atoms with Crippen LogP contribution in [0.15, 0.2) is 35.8 Å². The predicted octanol–water partition coefficient (Wildman–Crippen LogP) is 5.00. The Morgan fingerprint density at radius 2 is 2.05 bits per heavy atom. The summed E-state index contributed by atoms with van der Waals surface area (Å²) in [6, 6.07) is 8.28. The zero-order valence-corrected chi connectivity index (χ0v) is 14.3. The summed E-state index contributed by atoms with van der Waals surface area (Å²) in [4.78, 5) is 16.8. The smallest absolute Gasteiger partial charge is 0.233 e. The van der Waals surface area contributed by atoms with Gasteiger partial charge in [-0.3, -0.25) is 4.79 Å². The van der Waals surface area contributed by atoms with Crippen LogP contribution >= 0.6 is 11.3 Å². The number of hydrogen-bond acceptors (Lipinski definition) is 3. The molecule has 0 bridgehead atoms. The molecule has 1 amide bonds. The highest BCUT2D eigenvalue weighted by atomic mass is 32.1. The maximum Gasteiger partial charge on any atom is 0.233 e. The van der Waals surface area contributed by atoms with Gasteiger partial charge in [0.25, 0.3) is 0 Å². The van der Waals surface area contributed by atoms with Crippen molar-refractivity contribution in [1.29, 1.82) is 0 Å². The van der Waals surface area contributed by atoms with E-state index in [4.69, 9.17) is 0 Å². The van der Waals surface area contributed by atoms with Gasteiger partial charge in [0.2, 0.25) is 5.91 Å². The van der Waals surface area contributed by atoms with Gasteiger partial charge in [0.15, 0.2) is 5.13 Å². The Labute approximate surface area is 136 Å². The van der Waals surface area contributed by atoms with E-state index in [0.29, 0.717) is 11.0 Å². The van der Waals surface area contributed by atoms with Crippen LogP contribution in [0.2, 0.25) is 0 Å². The first-order valence-corrected chi connectivity index (χ1v) is 8.75. The van der Waals surface area contributed by atoms with E-state index in [1.807, 2.05) is 5.38 Å². The Kier molecular flexibility index (Phi) is 6.13. The summed E-state index contributed by atoms with van der Waals surface area (Å²) < 4.78 is 0. The molecule has 0 spiro atoms. The van der Waals surface area contributed by atoms with Crippen LogP contribution in [0.4, 0.5) is 5.13 Å². The molecule has 4 heteroatoms. The molecule has 22 heavy (non-hydrogen) atoms. The first-order chi connectivity index (χ1) is 10.6. The number of nitrogens with one attached hydrogen (secondary N) is 1. The highest BCUT2D eigenvalue weighted by molar-refractivity contribution is 7.13. The number of thiazole rings is 1. The zero-order chi connectivity index (χ0) is 15.9. The van der Waals surface area contributed by atoms with Gasteiger partial charge in [0.1, 0.15) is 0 Å². The van der Waals surface area contributed by atoms with Gasteiger partial charge >= 0.3 is 0 Å². The fourth-order valence-corrected chi connectivity index (χ4v) is 3.22. The number of aryl methyl sites for hydroxylation is 1. The Hall–Kier alpha value is -1.68. The first-order valence-electron chi connectivity index (χ1n) is 7.87. The van der Waals surface area contributed by atoms with Crippen molar-refractivity contribution in [2.75, 3.05) is 5.32 Å². The van der Waals surface area contributed by atoms with Crippen LogP contribution < -0.4 is 5.32 Å². The van der Waals surface area contributed by atoms with Gasteiger partial charge in [-0.15, -0.1) is 11.3 Å². The normalized spacial score (nSPS) is 13.6. The lowest BCUT2D eigenvalue weighted by Gasteiger charge is -2.20. The molecule has 1 N–H and O–H groups in total. The number of amides is 1. The molecule has 3 nitrogen and oxygen atoms in total. The third-order valence-electron chi connectivity index (χ3n) is 3.88. The topological polar surface area (TPSA) is 42.0 Å². The second-order valence-electron chi connectivity index (χ2n) is 5.92. The predicted molar refractivity (Wildman–Crippen MR) is 93.4 cm³/mol. The number of aromatic nitrogens is 1. The largest absolute Gasteiger partial charge is 0.301 e. The van der Waals surface area contributed by atoms with E-state index in [2.05, 4.69) is 55.3 Å². The maximum absolute atomic E-state index is 12.7. The van der Waals surface area contributed by atoms with E-state index >= 15 is 0 Å². The SMILES string of the molecule is CCCC(C)CC(C(=O)Nc1nccs1)c1ccc(C)cc1. The molecule has 0 saturated heterocycles. The molecule has 0 aliphatic carbocycles. The summed E-state index contributed by atoms with van der Waals surface area (Å²) in [6.45, 7) is 6.47.